The molecule has 3 rings (SSSR count). The van der Waals surface area contributed by atoms with Crippen molar-refractivity contribution in [3.63, 3.8) is 0 Å². The number of alkyl halides is 1. The van der Waals surface area contributed by atoms with Crippen LogP contribution < -0.4 is 0 Å². The average Bonchev–Trinajstić information content (AvgIpc) is 2.98. The first-order chi connectivity index (χ1) is 13.6. The Balaban J connectivity index is 2.02. The molecule has 0 spiro atoms. The minimum atomic E-state index is -1.32. The van der Waals surface area contributed by atoms with E-state index in [1.54, 1.807) is 20.8 Å². The Labute approximate surface area is 171 Å². The van der Waals surface area contributed by atoms with Crippen LogP contribution in [0.2, 0.25) is 0 Å². The number of nitrogens with zero attached hydrogens (tertiary/aromatic N) is 2. The van der Waals surface area contributed by atoms with Crippen LogP contribution in [0.5, 0.6) is 0 Å². The Hall–Kier alpha value is -2.07. The normalized spacial score (nSPS) is 26.6. The number of carbonyl (C=O) groups is 1. The van der Waals surface area contributed by atoms with E-state index < -0.39 is 46.5 Å². The molecular weight excluding hydrogens is 406 g/mol. The number of carbonyl (C=O) groups excluding carboxylic acids is 1. The van der Waals surface area contributed by atoms with Crippen LogP contribution >= 0.6 is 11.8 Å². The number of thioether (sulfide) groups is 1. The highest BCUT2D eigenvalue weighted by Gasteiger charge is 2.54. The number of rotatable bonds is 5. The van der Waals surface area contributed by atoms with Crippen molar-refractivity contribution in [3.05, 3.63) is 39.7 Å². The summed E-state index contributed by atoms with van der Waals surface area (Å²) in [6, 6.07) is 3.19. The van der Waals surface area contributed by atoms with Crippen molar-refractivity contribution < 1.29 is 28.0 Å². The van der Waals surface area contributed by atoms with Gasteiger partial charge in [-0.25, -0.2) is 8.78 Å². The fraction of sp³-hybridized carbons (Fsp3) is 0.579. The number of halogens is 2. The highest BCUT2D eigenvalue weighted by atomic mass is 32.2. The molecule has 0 radical (unpaired) electrons. The number of benzene rings is 1. The number of nitro benzene ring substituents is 1. The Kier molecular flexibility index (Phi) is 5.96. The molecule has 29 heavy (non-hydrogen) atoms. The minimum absolute atomic E-state index is 0.0189. The van der Waals surface area contributed by atoms with Crippen LogP contribution in [0.15, 0.2) is 23.2 Å². The summed E-state index contributed by atoms with van der Waals surface area (Å²) >= 11 is 1.27. The molecule has 0 N–H and O–H groups in total. The number of nitro groups is 1. The summed E-state index contributed by atoms with van der Waals surface area (Å²) in [6.45, 7) is 4.33. The molecule has 1 aromatic carbocycles. The summed E-state index contributed by atoms with van der Waals surface area (Å²) < 4.78 is 39.1. The molecule has 1 fully saturated rings. The van der Waals surface area contributed by atoms with Gasteiger partial charge in [-0.05, 0) is 26.8 Å². The van der Waals surface area contributed by atoms with Gasteiger partial charge in [0.1, 0.15) is 23.6 Å². The van der Waals surface area contributed by atoms with E-state index in [0.717, 1.165) is 18.2 Å². The number of hydrogen-bond acceptors (Lipinski definition) is 7. The summed E-state index contributed by atoms with van der Waals surface area (Å²) in [5, 5.41) is 11.6. The third-order valence-corrected chi connectivity index (χ3v) is 5.92. The first kappa shape index (κ1) is 21.6. The maximum Gasteiger partial charge on any atom is 0.312 e. The zero-order valence-corrected chi connectivity index (χ0v) is 17.1. The van der Waals surface area contributed by atoms with E-state index in [0.29, 0.717) is 10.8 Å². The molecular formula is C19H22F2N2O5S. The zero-order chi connectivity index (χ0) is 21.4. The Morgan fingerprint density at radius 1 is 1.48 bits per heavy atom. The Morgan fingerprint density at radius 2 is 2.21 bits per heavy atom. The van der Waals surface area contributed by atoms with Crippen molar-refractivity contribution in [1.29, 1.82) is 0 Å². The van der Waals surface area contributed by atoms with Crippen LogP contribution in [0, 0.1) is 21.8 Å². The highest BCUT2D eigenvalue weighted by Crippen LogP contribution is 2.49. The monoisotopic (exact) mass is 428 g/mol. The molecule has 7 nitrogen and oxygen atoms in total. The fourth-order valence-corrected chi connectivity index (χ4v) is 4.92. The maximum atomic E-state index is 14.8. The molecule has 158 valence electrons. The maximum absolute atomic E-state index is 14.8. The minimum Gasteiger partial charge on any atom is -0.460 e. The van der Waals surface area contributed by atoms with Gasteiger partial charge < -0.3 is 9.47 Å². The van der Waals surface area contributed by atoms with E-state index >= 15 is 0 Å². The molecule has 0 saturated carbocycles. The van der Waals surface area contributed by atoms with Crippen LogP contribution in [-0.4, -0.2) is 46.7 Å². The molecule has 0 bridgehead atoms. The number of fused-ring (bicyclic) bond motifs is 1. The summed E-state index contributed by atoms with van der Waals surface area (Å²) in [7, 11) is 0. The van der Waals surface area contributed by atoms with Gasteiger partial charge in [0.15, 0.2) is 0 Å². The quantitative estimate of drug-likeness (QED) is 0.403. The molecule has 2 heterocycles. The van der Waals surface area contributed by atoms with Gasteiger partial charge in [0.25, 0.3) is 5.69 Å². The molecule has 1 saturated heterocycles. The second kappa shape index (κ2) is 7.98. The lowest BCUT2D eigenvalue weighted by Crippen LogP contribution is -2.42. The van der Waals surface area contributed by atoms with Crippen LogP contribution in [0.4, 0.5) is 14.5 Å². The van der Waals surface area contributed by atoms with Gasteiger partial charge in [0.2, 0.25) is 0 Å². The molecule has 0 aliphatic carbocycles. The Bertz CT molecular complexity index is 857. The van der Waals surface area contributed by atoms with Gasteiger partial charge in [-0.3, -0.25) is 19.9 Å². The van der Waals surface area contributed by atoms with Gasteiger partial charge >= 0.3 is 5.97 Å². The number of ether oxygens (including phenoxy) is 2. The molecule has 2 aliphatic heterocycles. The van der Waals surface area contributed by atoms with Crippen LogP contribution in [0.3, 0.4) is 0 Å². The van der Waals surface area contributed by atoms with Gasteiger partial charge in [-0.1, -0.05) is 0 Å². The predicted octanol–water partition coefficient (Wildman–Crippen LogP) is 3.79. The van der Waals surface area contributed by atoms with Gasteiger partial charge in [0.05, 0.1) is 29.1 Å². The van der Waals surface area contributed by atoms with Crippen molar-refractivity contribution in [1.82, 2.24) is 0 Å². The van der Waals surface area contributed by atoms with E-state index in [-0.39, 0.29) is 24.3 Å². The second-order valence-electron chi connectivity index (χ2n) is 8.04. The van der Waals surface area contributed by atoms with Gasteiger partial charge in [-0.15, -0.1) is 11.8 Å². The smallest absolute Gasteiger partial charge is 0.312 e. The van der Waals surface area contributed by atoms with Gasteiger partial charge in [-0.2, -0.15) is 0 Å². The largest absolute Gasteiger partial charge is 0.460 e. The Morgan fingerprint density at radius 3 is 2.83 bits per heavy atom. The lowest BCUT2D eigenvalue weighted by atomic mass is 9.78. The lowest BCUT2D eigenvalue weighted by molar-refractivity contribution is -0.385. The predicted molar refractivity (Wildman–Crippen MR) is 104 cm³/mol. The molecule has 10 heteroatoms. The SMILES string of the molecule is CC(C)(C)OC(=O)CC1=N[C@@]2(c3cc([N+](=O)[O-])ccc3F)COC(CF)[C@H]2CS1. The van der Waals surface area contributed by atoms with Crippen molar-refractivity contribution in [3.8, 4) is 0 Å². The van der Waals surface area contributed by atoms with Crippen molar-refractivity contribution in [2.75, 3.05) is 19.0 Å². The number of aliphatic imine (C=N–C) groups is 1. The number of esters is 1. The summed E-state index contributed by atoms with van der Waals surface area (Å²) in [5.74, 6) is -1.34. The lowest BCUT2D eigenvalue weighted by Gasteiger charge is -2.36. The van der Waals surface area contributed by atoms with Crippen molar-refractivity contribution >= 4 is 28.5 Å². The highest BCUT2D eigenvalue weighted by molar-refractivity contribution is 8.14. The summed E-state index contributed by atoms with van der Waals surface area (Å²) in [6.07, 6.45) is -0.916. The van der Waals surface area contributed by atoms with Crippen LogP contribution in [-0.2, 0) is 19.8 Å². The van der Waals surface area contributed by atoms with Crippen molar-refractivity contribution in [2.24, 2.45) is 10.9 Å². The summed E-state index contributed by atoms with van der Waals surface area (Å²) in [4.78, 5) is 27.4. The summed E-state index contributed by atoms with van der Waals surface area (Å²) in [5.41, 5.74) is -2.30. The van der Waals surface area contributed by atoms with Gasteiger partial charge in [0, 0.05) is 29.4 Å². The molecule has 3 atom stereocenters. The molecule has 0 aromatic heterocycles. The first-order valence-electron chi connectivity index (χ1n) is 9.11. The number of hydrogen-bond donors (Lipinski definition) is 0. The second-order valence-corrected chi connectivity index (χ2v) is 9.13. The fourth-order valence-electron chi connectivity index (χ4n) is 3.61. The topological polar surface area (TPSA) is 91.0 Å². The molecule has 1 unspecified atom stereocenters. The molecule has 1 aromatic rings. The third kappa shape index (κ3) is 4.42. The molecule has 2 aliphatic rings. The molecule has 0 amide bonds. The van der Waals surface area contributed by atoms with Crippen LogP contribution in [0.1, 0.15) is 32.8 Å². The van der Waals surface area contributed by atoms with E-state index in [2.05, 4.69) is 4.99 Å². The number of non-ortho nitro benzene ring substituents is 1. The zero-order valence-electron chi connectivity index (χ0n) is 16.3. The average molecular weight is 428 g/mol. The van der Waals surface area contributed by atoms with E-state index in [1.807, 2.05) is 0 Å². The van der Waals surface area contributed by atoms with E-state index in [4.69, 9.17) is 9.47 Å². The van der Waals surface area contributed by atoms with Crippen LogP contribution in [0.25, 0.3) is 0 Å². The first-order valence-corrected chi connectivity index (χ1v) is 10.1. The standard InChI is InChI=1S/C19H22F2N2O5S/c1-18(2,3)28-17(24)7-16-22-19(10-27-15(8-20)13(19)9-29-16)12-6-11(23(25)26)4-5-14(12)21/h4-6,13,15H,7-10H2,1-3H3/t13-,15?,19-/m1/s1. The van der Waals surface area contributed by atoms with E-state index in [9.17, 15) is 23.7 Å². The van der Waals surface area contributed by atoms with Crippen molar-refractivity contribution in [2.45, 2.75) is 44.4 Å². The van der Waals surface area contributed by atoms with E-state index in [1.165, 1.54) is 11.8 Å². The third-order valence-electron chi connectivity index (χ3n) is 4.83.